The average Bonchev–Trinajstić information content (AvgIpc) is 2.79. The fourth-order valence-corrected chi connectivity index (χ4v) is 5.57. The lowest BCUT2D eigenvalue weighted by Crippen LogP contribution is -2.61. The van der Waals surface area contributed by atoms with E-state index in [0.29, 0.717) is 5.56 Å². The van der Waals surface area contributed by atoms with Crippen molar-refractivity contribution >= 4 is 29.5 Å². The van der Waals surface area contributed by atoms with Crippen LogP contribution in [0.5, 0.6) is 0 Å². The molecule has 0 spiro atoms. The molecule has 1 aliphatic heterocycles. The molecule has 1 aliphatic rings. The molecule has 3 atom stereocenters. The first-order valence-corrected chi connectivity index (χ1v) is 11.3. The molecule has 1 heterocycles. The van der Waals surface area contributed by atoms with Crippen molar-refractivity contribution in [2.45, 2.75) is 25.2 Å². The van der Waals surface area contributed by atoms with Crippen LogP contribution in [-0.4, -0.2) is 47.9 Å². The Hall–Kier alpha value is -2.64. The number of ketones is 1. The van der Waals surface area contributed by atoms with Crippen LogP contribution in [0.1, 0.15) is 35.0 Å². The van der Waals surface area contributed by atoms with Crippen molar-refractivity contribution in [2.24, 2.45) is 11.3 Å². The van der Waals surface area contributed by atoms with Crippen molar-refractivity contribution < 1.29 is 29.0 Å². The van der Waals surface area contributed by atoms with Crippen molar-refractivity contribution in [1.82, 2.24) is 0 Å². The Morgan fingerprint density at radius 3 is 1.97 bits per heavy atom. The van der Waals surface area contributed by atoms with Crippen molar-refractivity contribution in [3.8, 4) is 0 Å². The predicted molar refractivity (Wildman–Crippen MR) is 118 cm³/mol. The number of carbonyl (C=O) groups is 3. The first kappa shape index (κ1) is 23.0. The van der Waals surface area contributed by atoms with Crippen LogP contribution in [0.25, 0.3) is 0 Å². The normalized spacial score (nSPS) is 22.4. The molecule has 1 fully saturated rings. The third-order valence-electron chi connectivity index (χ3n) is 5.45. The summed E-state index contributed by atoms with van der Waals surface area (Å²) in [6.45, 7) is 3.23. The minimum Gasteiger partial charge on any atom is -0.465 e. The average molecular weight is 443 g/mol. The van der Waals surface area contributed by atoms with Crippen molar-refractivity contribution in [3.05, 3.63) is 71.8 Å². The molecule has 2 aromatic rings. The summed E-state index contributed by atoms with van der Waals surface area (Å²) in [4.78, 5) is 40.5. The molecule has 6 nitrogen and oxygen atoms in total. The smallest absolute Gasteiger partial charge is 0.327 e. The molecule has 0 bridgehead atoms. The van der Waals surface area contributed by atoms with Gasteiger partial charge in [0, 0.05) is 16.6 Å². The Labute approximate surface area is 185 Å². The minimum atomic E-state index is -2.16. The number of carbonyl (C=O) groups excluding carboxylic acids is 3. The number of rotatable bonds is 7. The fraction of sp³-hybridized carbons (Fsp3) is 0.375. The van der Waals surface area contributed by atoms with Crippen LogP contribution in [0.2, 0.25) is 0 Å². The lowest BCUT2D eigenvalue weighted by atomic mass is 9.65. The quantitative estimate of drug-likeness (QED) is 0.399. The zero-order valence-corrected chi connectivity index (χ0v) is 18.3. The minimum absolute atomic E-state index is 0.00209. The van der Waals surface area contributed by atoms with E-state index in [0.717, 1.165) is 5.56 Å². The zero-order chi connectivity index (χ0) is 22.4. The van der Waals surface area contributed by atoms with Crippen molar-refractivity contribution in [3.63, 3.8) is 0 Å². The summed E-state index contributed by atoms with van der Waals surface area (Å²) in [6, 6.07) is 17.7. The van der Waals surface area contributed by atoms with Gasteiger partial charge in [0.1, 0.15) is 0 Å². The summed E-state index contributed by atoms with van der Waals surface area (Å²) in [7, 11) is 0. The molecule has 0 amide bonds. The van der Waals surface area contributed by atoms with Gasteiger partial charge in [-0.05, 0) is 19.4 Å². The van der Waals surface area contributed by atoms with Gasteiger partial charge < -0.3 is 14.6 Å². The van der Waals surface area contributed by atoms with E-state index in [4.69, 9.17) is 9.47 Å². The van der Waals surface area contributed by atoms with Gasteiger partial charge in [-0.15, -0.1) is 0 Å². The van der Waals surface area contributed by atoms with E-state index >= 15 is 0 Å². The topological polar surface area (TPSA) is 89.9 Å². The Kier molecular flexibility index (Phi) is 7.51. The maximum atomic E-state index is 13.8. The molecule has 1 unspecified atom stereocenters. The van der Waals surface area contributed by atoms with E-state index < -0.39 is 40.4 Å². The third-order valence-corrected chi connectivity index (χ3v) is 6.86. The Morgan fingerprint density at radius 2 is 1.45 bits per heavy atom. The van der Waals surface area contributed by atoms with Crippen molar-refractivity contribution in [2.75, 3.05) is 19.0 Å². The Balaban J connectivity index is 2.25. The van der Waals surface area contributed by atoms with Gasteiger partial charge in [0.25, 0.3) is 0 Å². The highest BCUT2D eigenvalue weighted by molar-refractivity contribution is 7.99. The molecular formula is C24H26O6S. The van der Waals surface area contributed by atoms with Gasteiger partial charge in [-0.25, -0.2) is 0 Å². The van der Waals surface area contributed by atoms with E-state index in [2.05, 4.69) is 0 Å². The molecule has 0 aromatic heterocycles. The van der Waals surface area contributed by atoms with E-state index in [1.165, 1.54) is 11.8 Å². The van der Waals surface area contributed by atoms with Crippen LogP contribution in [0.3, 0.4) is 0 Å². The summed E-state index contributed by atoms with van der Waals surface area (Å²) >= 11 is 1.34. The summed E-state index contributed by atoms with van der Waals surface area (Å²) in [5.41, 5.74) is -1.03. The number of aliphatic hydroxyl groups excluding tert-OH is 1. The standard InChI is InChI=1S/C24H26O6S/c1-3-29-22(27)24(23(28)30-4-2)18(25)15-31-21(17-13-9-6-10-14-17)19(24)20(26)16-11-7-5-8-12-16/h5-14,18-19,21,25H,3-4,15H2,1-2H3/t18?,19-,21+/m1/s1. The zero-order valence-electron chi connectivity index (χ0n) is 17.5. The van der Waals surface area contributed by atoms with Gasteiger partial charge in [-0.2, -0.15) is 11.8 Å². The summed E-state index contributed by atoms with van der Waals surface area (Å²) in [5, 5.41) is 10.5. The molecule has 164 valence electrons. The van der Waals surface area contributed by atoms with Crippen LogP contribution >= 0.6 is 11.8 Å². The molecular weight excluding hydrogens is 416 g/mol. The van der Waals surface area contributed by atoms with Gasteiger partial charge >= 0.3 is 11.9 Å². The maximum absolute atomic E-state index is 13.8. The number of aliphatic hydroxyl groups is 1. The lowest BCUT2D eigenvalue weighted by molar-refractivity contribution is -0.185. The number of esters is 2. The third kappa shape index (κ3) is 4.25. The lowest BCUT2D eigenvalue weighted by Gasteiger charge is -2.46. The van der Waals surface area contributed by atoms with E-state index in [-0.39, 0.29) is 19.0 Å². The molecule has 0 aliphatic carbocycles. The number of benzene rings is 2. The van der Waals surface area contributed by atoms with Gasteiger partial charge in [0.2, 0.25) is 5.41 Å². The highest BCUT2D eigenvalue weighted by Gasteiger charge is 2.66. The van der Waals surface area contributed by atoms with E-state index in [9.17, 15) is 19.5 Å². The number of hydrogen-bond acceptors (Lipinski definition) is 7. The second kappa shape index (κ2) is 10.1. The molecule has 3 rings (SSSR count). The summed E-state index contributed by atoms with van der Waals surface area (Å²) < 4.78 is 10.5. The summed E-state index contributed by atoms with van der Waals surface area (Å²) in [6.07, 6.45) is -1.44. The van der Waals surface area contributed by atoms with E-state index in [1.54, 1.807) is 44.2 Å². The number of Topliss-reactive ketones (excluding diaryl/α,β-unsaturated/α-hetero) is 1. The Bertz CT molecular complexity index is 896. The number of hydrogen-bond donors (Lipinski definition) is 1. The first-order valence-electron chi connectivity index (χ1n) is 10.3. The summed E-state index contributed by atoms with van der Waals surface area (Å²) in [5.74, 6) is -3.41. The molecule has 0 radical (unpaired) electrons. The van der Waals surface area contributed by atoms with Crippen molar-refractivity contribution in [1.29, 1.82) is 0 Å². The second-order valence-electron chi connectivity index (χ2n) is 7.20. The molecule has 0 saturated carbocycles. The highest BCUT2D eigenvalue weighted by Crippen LogP contribution is 2.54. The van der Waals surface area contributed by atoms with Gasteiger partial charge in [-0.1, -0.05) is 60.7 Å². The molecule has 31 heavy (non-hydrogen) atoms. The molecule has 7 heteroatoms. The van der Waals surface area contributed by atoms with Crippen LogP contribution in [-0.2, 0) is 19.1 Å². The number of thioether (sulfide) groups is 1. The predicted octanol–water partition coefficient (Wildman–Crippen LogP) is 3.45. The first-order chi connectivity index (χ1) is 15.0. The van der Waals surface area contributed by atoms with Gasteiger partial charge in [0.15, 0.2) is 5.78 Å². The molecule has 1 N–H and O–H groups in total. The largest absolute Gasteiger partial charge is 0.465 e. The molecule has 2 aromatic carbocycles. The SMILES string of the molecule is CCOC(=O)C1(C(=O)OCC)C(O)CS[C@@H](c2ccccc2)[C@H]1C(=O)c1ccccc1. The molecule has 1 saturated heterocycles. The van der Waals surface area contributed by atoms with Gasteiger partial charge in [0.05, 0.1) is 25.2 Å². The van der Waals surface area contributed by atoms with Crippen LogP contribution in [0, 0.1) is 11.3 Å². The number of ether oxygens (including phenoxy) is 2. The Morgan fingerprint density at radius 1 is 0.935 bits per heavy atom. The van der Waals surface area contributed by atoms with Crippen LogP contribution in [0.4, 0.5) is 0 Å². The van der Waals surface area contributed by atoms with E-state index in [1.807, 2.05) is 30.3 Å². The van der Waals surface area contributed by atoms with Crippen LogP contribution < -0.4 is 0 Å². The van der Waals surface area contributed by atoms with Crippen LogP contribution in [0.15, 0.2) is 60.7 Å². The highest BCUT2D eigenvalue weighted by atomic mass is 32.2. The van der Waals surface area contributed by atoms with Gasteiger partial charge in [-0.3, -0.25) is 14.4 Å². The second-order valence-corrected chi connectivity index (χ2v) is 8.37. The monoisotopic (exact) mass is 442 g/mol. The maximum Gasteiger partial charge on any atom is 0.327 e. The fourth-order valence-electron chi connectivity index (χ4n) is 4.04.